The topological polar surface area (TPSA) is 26.0 Å². The maximum Gasteiger partial charge on any atom is 0.155 e. The third kappa shape index (κ3) is 1.39. The summed E-state index contributed by atoms with van der Waals surface area (Å²) < 4.78 is 5.44. The van der Waals surface area contributed by atoms with Crippen molar-refractivity contribution in [1.29, 1.82) is 0 Å². The lowest BCUT2D eigenvalue weighted by atomic mass is 10.1. The van der Waals surface area contributed by atoms with Gasteiger partial charge in [0.15, 0.2) is 5.76 Å². The second kappa shape index (κ2) is 3.49. The highest BCUT2D eigenvalue weighted by Crippen LogP contribution is 2.24. The minimum absolute atomic E-state index is 0.853. The fraction of sp³-hybridized carbons (Fsp3) is 0.0714. The van der Waals surface area contributed by atoms with Crippen LogP contribution in [-0.4, -0.2) is 4.98 Å². The number of hydrogen-bond donors (Lipinski definition) is 0. The molecule has 0 unspecified atom stereocenters. The molecule has 0 spiro atoms. The van der Waals surface area contributed by atoms with Gasteiger partial charge in [0.2, 0.25) is 0 Å². The summed E-state index contributed by atoms with van der Waals surface area (Å²) in [7, 11) is 0. The van der Waals surface area contributed by atoms with E-state index in [4.69, 9.17) is 4.42 Å². The number of rotatable bonds is 1. The van der Waals surface area contributed by atoms with E-state index < -0.39 is 0 Å². The molecule has 2 nitrogen and oxygen atoms in total. The summed E-state index contributed by atoms with van der Waals surface area (Å²) in [6.45, 7) is 2.02. The van der Waals surface area contributed by atoms with Gasteiger partial charge >= 0.3 is 0 Å². The van der Waals surface area contributed by atoms with Crippen LogP contribution in [0.1, 0.15) is 5.56 Å². The van der Waals surface area contributed by atoms with Crippen molar-refractivity contribution < 1.29 is 4.42 Å². The third-order valence-corrected chi connectivity index (χ3v) is 2.69. The molecule has 0 aliphatic rings. The fourth-order valence-corrected chi connectivity index (χ4v) is 1.83. The first kappa shape index (κ1) is 9.16. The minimum atomic E-state index is 0.853. The van der Waals surface area contributed by atoms with Crippen molar-refractivity contribution in [3.05, 3.63) is 54.3 Å². The molecule has 0 amide bonds. The molecular formula is C14H11NO. The van der Waals surface area contributed by atoms with Crippen LogP contribution in [0.4, 0.5) is 0 Å². The van der Waals surface area contributed by atoms with Gasteiger partial charge in [0, 0.05) is 5.39 Å². The van der Waals surface area contributed by atoms with E-state index in [0.717, 1.165) is 27.9 Å². The summed E-state index contributed by atoms with van der Waals surface area (Å²) >= 11 is 0. The number of fused-ring (bicyclic) bond motifs is 1. The highest BCUT2D eigenvalue weighted by molar-refractivity contribution is 5.81. The molecule has 3 aromatic rings. The average molecular weight is 209 g/mol. The van der Waals surface area contributed by atoms with Crippen LogP contribution in [0, 0.1) is 6.92 Å². The number of pyridine rings is 1. The van der Waals surface area contributed by atoms with E-state index in [-0.39, 0.29) is 0 Å². The maximum absolute atomic E-state index is 5.44. The molecular weight excluding hydrogens is 198 g/mol. The monoisotopic (exact) mass is 209 g/mol. The number of benzene rings is 1. The van der Waals surface area contributed by atoms with Crippen molar-refractivity contribution >= 4 is 10.9 Å². The highest BCUT2D eigenvalue weighted by atomic mass is 16.3. The van der Waals surface area contributed by atoms with Crippen LogP contribution in [0.2, 0.25) is 0 Å². The lowest BCUT2D eigenvalue weighted by molar-refractivity contribution is 0.579. The summed E-state index contributed by atoms with van der Waals surface area (Å²) in [5.74, 6) is 0.853. The van der Waals surface area contributed by atoms with Crippen LogP contribution in [0.15, 0.2) is 53.1 Å². The van der Waals surface area contributed by atoms with Gasteiger partial charge in [-0.05, 0) is 30.7 Å². The molecule has 0 saturated carbocycles. The SMILES string of the molecule is Cc1ccoc1-c1ccc2ccccc2n1. The summed E-state index contributed by atoms with van der Waals surface area (Å²) in [4.78, 5) is 4.58. The number of aryl methyl sites for hydroxylation is 1. The highest BCUT2D eigenvalue weighted by Gasteiger charge is 2.07. The van der Waals surface area contributed by atoms with Crippen molar-refractivity contribution in [2.75, 3.05) is 0 Å². The third-order valence-electron chi connectivity index (χ3n) is 2.69. The van der Waals surface area contributed by atoms with E-state index >= 15 is 0 Å². The summed E-state index contributed by atoms with van der Waals surface area (Å²) in [5.41, 5.74) is 3.00. The van der Waals surface area contributed by atoms with Gasteiger partial charge in [-0.1, -0.05) is 24.3 Å². The zero-order valence-corrected chi connectivity index (χ0v) is 8.97. The van der Waals surface area contributed by atoms with Crippen molar-refractivity contribution in [3.8, 4) is 11.5 Å². The van der Waals surface area contributed by atoms with Gasteiger partial charge in [-0.15, -0.1) is 0 Å². The Morgan fingerprint density at radius 1 is 1.00 bits per heavy atom. The number of aromatic nitrogens is 1. The van der Waals surface area contributed by atoms with Crippen LogP contribution in [0.25, 0.3) is 22.4 Å². The first-order valence-electron chi connectivity index (χ1n) is 5.25. The Morgan fingerprint density at radius 2 is 1.88 bits per heavy atom. The van der Waals surface area contributed by atoms with Crippen LogP contribution >= 0.6 is 0 Å². The molecule has 0 atom stereocenters. The van der Waals surface area contributed by atoms with Crippen molar-refractivity contribution in [2.24, 2.45) is 0 Å². The summed E-state index contributed by atoms with van der Waals surface area (Å²) in [6, 6.07) is 14.1. The molecule has 2 heterocycles. The second-order valence-corrected chi connectivity index (χ2v) is 3.82. The molecule has 2 aromatic heterocycles. The van der Waals surface area contributed by atoms with E-state index in [1.54, 1.807) is 6.26 Å². The predicted octanol–water partition coefficient (Wildman–Crippen LogP) is 3.80. The van der Waals surface area contributed by atoms with Crippen LogP contribution in [0.3, 0.4) is 0 Å². The molecule has 0 bridgehead atoms. The quantitative estimate of drug-likeness (QED) is 0.609. The Kier molecular flexibility index (Phi) is 2.00. The number of furan rings is 1. The largest absolute Gasteiger partial charge is 0.462 e. The summed E-state index contributed by atoms with van der Waals surface area (Å²) in [6.07, 6.45) is 1.70. The molecule has 2 heteroatoms. The van der Waals surface area contributed by atoms with E-state index in [0.29, 0.717) is 0 Å². The molecule has 0 N–H and O–H groups in total. The molecule has 1 aromatic carbocycles. The molecule has 0 radical (unpaired) electrons. The lowest BCUT2D eigenvalue weighted by Crippen LogP contribution is -1.84. The van der Waals surface area contributed by atoms with Crippen molar-refractivity contribution in [3.63, 3.8) is 0 Å². The van der Waals surface area contributed by atoms with Crippen LogP contribution in [0.5, 0.6) is 0 Å². The van der Waals surface area contributed by atoms with E-state index in [2.05, 4.69) is 17.1 Å². The zero-order chi connectivity index (χ0) is 11.0. The average Bonchev–Trinajstić information content (AvgIpc) is 2.75. The fourth-order valence-electron chi connectivity index (χ4n) is 1.83. The molecule has 78 valence electrons. The molecule has 0 saturated heterocycles. The van der Waals surface area contributed by atoms with Gasteiger partial charge < -0.3 is 4.42 Å². The summed E-state index contributed by atoms with van der Waals surface area (Å²) in [5, 5.41) is 1.15. The van der Waals surface area contributed by atoms with Gasteiger partial charge in [0.05, 0.1) is 11.8 Å². The Balaban J connectivity index is 2.23. The normalized spacial score (nSPS) is 10.8. The second-order valence-electron chi connectivity index (χ2n) is 3.82. The molecule has 0 fully saturated rings. The Bertz CT molecular complexity index is 640. The van der Waals surface area contributed by atoms with Crippen molar-refractivity contribution in [2.45, 2.75) is 6.92 Å². The number of para-hydroxylation sites is 1. The first-order chi connectivity index (χ1) is 7.84. The number of nitrogens with zero attached hydrogens (tertiary/aromatic N) is 1. The lowest BCUT2D eigenvalue weighted by Gasteiger charge is -2.01. The Labute approximate surface area is 93.5 Å². The zero-order valence-electron chi connectivity index (χ0n) is 8.97. The Hall–Kier alpha value is -2.09. The Morgan fingerprint density at radius 3 is 2.69 bits per heavy atom. The molecule has 3 rings (SSSR count). The molecule has 0 aliphatic heterocycles. The van der Waals surface area contributed by atoms with Gasteiger partial charge in [0.25, 0.3) is 0 Å². The number of hydrogen-bond acceptors (Lipinski definition) is 2. The van der Waals surface area contributed by atoms with Gasteiger partial charge in [-0.3, -0.25) is 0 Å². The van der Waals surface area contributed by atoms with Gasteiger partial charge in [-0.25, -0.2) is 4.98 Å². The van der Waals surface area contributed by atoms with E-state index in [1.807, 2.05) is 37.3 Å². The molecule has 0 aliphatic carbocycles. The maximum atomic E-state index is 5.44. The minimum Gasteiger partial charge on any atom is -0.462 e. The van der Waals surface area contributed by atoms with Crippen LogP contribution < -0.4 is 0 Å². The van der Waals surface area contributed by atoms with Crippen molar-refractivity contribution in [1.82, 2.24) is 4.98 Å². The van der Waals surface area contributed by atoms with Gasteiger partial charge in [0.1, 0.15) is 5.69 Å². The molecule has 16 heavy (non-hydrogen) atoms. The van der Waals surface area contributed by atoms with Gasteiger partial charge in [-0.2, -0.15) is 0 Å². The first-order valence-corrected chi connectivity index (χ1v) is 5.25. The van der Waals surface area contributed by atoms with E-state index in [1.165, 1.54) is 0 Å². The van der Waals surface area contributed by atoms with Crippen LogP contribution in [-0.2, 0) is 0 Å². The standard InChI is InChI=1S/C14H11NO/c1-10-8-9-16-14(10)13-7-6-11-4-2-3-5-12(11)15-13/h2-9H,1H3. The van der Waals surface area contributed by atoms with E-state index in [9.17, 15) is 0 Å². The smallest absolute Gasteiger partial charge is 0.155 e. The predicted molar refractivity (Wildman–Crippen MR) is 64.2 cm³/mol.